The van der Waals surface area contributed by atoms with Gasteiger partial charge in [0.2, 0.25) is 0 Å². The zero-order valence-corrected chi connectivity index (χ0v) is 18.9. The number of halogens is 1. The largest absolute Gasteiger partial charge is 0.356 e. The summed E-state index contributed by atoms with van der Waals surface area (Å²) in [6, 6.07) is 26.3. The van der Waals surface area contributed by atoms with E-state index in [4.69, 9.17) is 16.6 Å². The highest BCUT2D eigenvalue weighted by atomic mass is 35.5. The van der Waals surface area contributed by atoms with Crippen molar-refractivity contribution in [2.45, 2.75) is 13.5 Å². The minimum atomic E-state index is 0.535. The van der Waals surface area contributed by atoms with Gasteiger partial charge in [0.15, 0.2) is 5.13 Å². The third-order valence-electron chi connectivity index (χ3n) is 5.04. The molecule has 1 N–H and O–H groups in total. The average molecular weight is 458 g/mol. The smallest absolute Gasteiger partial charge is 0.184 e. The molecule has 2 aromatic heterocycles. The lowest BCUT2D eigenvalue weighted by Gasteiger charge is -2.02. The van der Waals surface area contributed by atoms with Crippen molar-refractivity contribution in [1.29, 1.82) is 0 Å². The van der Waals surface area contributed by atoms with E-state index in [-0.39, 0.29) is 0 Å². The molecule has 158 valence electrons. The second kappa shape index (κ2) is 8.94. The molecule has 0 spiro atoms. The van der Waals surface area contributed by atoms with Crippen molar-refractivity contribution in [1.82, 2.24) is 20.0 Å². The predicted octanol–water partition coefficient (Wildman–Crippen LogP) is 6.63. The van der Waals surface area contributed by atoms with Gasteiger partial charge in [-0.1, -0.05) is 88.3 Å². The van der Waals surface area contributed by atoms with Crippen molar-refractivity contribution in [3.63, 3.8) is 0 Å². The first kappa shape index (κ1) is 20.4. The summed E-state index contributed by atoms with van der Waals surface area (Å²) in [5.74, 6) is 0. The summed E-state index contributed by atoms with van der Waals surface area (Å²) in [5.41, 5.74) is 6.14. The Morgan fingerprint density at radius 2 is 1.66 bits per heavy atom. The zero-order chi connectivity index (χ0) is 21.9. The fraction of sp³-hybridized carbons (Fsp3) is 0.0800. The molecule has 0 aliphatic carbocycles. The molecule has 0 atom stereocenters. The minimum Gasteiger partial charge on any atom is -0.356 e. The molecule has 5 rings (SSSR count). The van der Waals surface area contributed by atoms with Crippen molar-refractivity contribution in [3.8, 4) is 27.4 Å². The number of aromatic nitrogens is 4. The Morgan fingerprint density at radius 3 is 2.41 bits per heavy atom. The second-order valence-corrected chi connectivity index (χ2v) is 8.85. The lowest BCUT2D eigenvalue weighted by Crippen LogP contribution is -1.99. The minimum absolute atomic E-state index is 0.535. The van der Waals surface area contributed by atoms with E-state index in [1.165, 1.54) is 5.56 Å². The van der Waals surface area contributed by atoms with Crippen molar-refractivity contribution in [3.05, 3.63) is 101 Å². The quantitative estimate of drug-likeness (QED) is 0.311. The van der Waals surface area contributed by atoms with E-state index in [0.29, 0.717) is 11.6 Å². The van der Waals surface area contributed by atoms with Gasteiger partial charge in [0.1, 0.15) is 5.69 Å². The molecule has 32 heavy (non-hydrogen) atoms. The molecule has 0 fully saturated rings. The Hall–Kier alpha value is -3.48. The van der Waals surface area contributed by atoms with Gasteiger partial charge in [-0.05, 0) is 36.8 Å². The summed E-state index contributed by atoms with van der Waals surface area (Å²) < 4.78 is 1.78. The van der Waals surface area contributed by atoms with Crippen molar-refractivity contribution in [2.24, 2.45) is 0 Å². The Balaban J connectivity index is 1.40. The maximum atomic E-state index is 6.09. The molecular weight excluding hydrogens is 438 g/mol. The van der Waals surface area contributed by atoms with Gasteiger partial charge in [0.05, 0.1) is 29.0 Å². The summed E-state index contributed by atoms with van der Waals surface area (Å²) in [5, 5.41) is 13.5. The molecule has 7 heteroatoms. The third-order valence-corrected chi connectivity index (χ3v) is 6.36. The van der Waals surface area contributed by atoms with E-state index in [1.807, 2.05) is 60.8 Å². The van der Waals surface area contributed by atoms with E-state index in [2.05, 4.69) is 46.8 Å². The van der Waals surface area contributed by atoms with Gasteiger partial charge in [0, 0.05) is 10.6 Å². The highest BCUT2D eigenvalue weighted by Crippen LogP contribution is 2.39. The molecule has 5 nitrogen and oxygen atoms in total. The highest BCUT2D eigenvalue weighted by Gasteiger charge is 2.15. The summed E-state index contributed by atoms with van der Waals surface area (Å²) in [6.07, 6.45) is 1.93. The zero-order valence-electron chi connectivity index (χ0n) is 17.4. The first-order valence-corrected chi connectivity index (χ1v) is 11.4. The Bertz CT molecular complexity index is 1330. The second-order valence-electron chi connectivity index (χ2n) is 7.41. The van der Waals surface area contributed by atoms with E-state index >= 15 is 0 Å². The van der Waals surface area contributed by atoms with E-state index < -0.39 is 0 Å². The normalized spacial score (nSPS) is 10.9. The molecule has 0 amide bonds. The van der Waals surface area contributed by atoms with Gasteiger partial charge in [-0.15, -0.1) is 5.10 Å². The van der Waals surface area contributed by atoms with Crippen LogP contribution in [-0.2, 0) is 6.54 Å². The summed E-state index contributed by atoms with van der Waals surface area (Å²) >= 11 is 7.71. The standard InChI is InChI=1S/C25H20ClN5S/c1-17-7-13-22(14-8-17)31-16-21(29-30-31)15-27-25-28-23(18-9-11-20(26)12-10-18)24(32-25)19-5-3-2-4-6-19/h2-14,16H,15H2,1H3,(H,27,28). The third kappa shape index (κ3) is 4.42. The number of thiazole rings is 1. The van der Waals surface area contributed by atoms with Crippen molar-refractivity contribution >= 4 is 28.1 Å². The molecule has 0 radical (unpaired) electrons. The van der Waals surface area contributed by atoms with E-state index in [0.717, 1.165) is 38.2 Å². The molecule has 0 aliphatic rings. The van der Waals surface area contributed by atoms with Crippen LogP contribution in [0.4, 0.5) is 5.13 Å². The Morgan fingerprint density at radius 1 is 0.906 bits per heavy atom. The van der Waals surface area contributed by atoms with Gasteiger partial charge in [-0.2, -0.15) is 0 Å². The lowest BCUT2D eigenvalue weighted by molar-refractivity contribution is 0.798. The number of hydrogen-bond acceptors (Lipinski definition) is 5. The number of nitrogens with one attached hydrogen (secondary N) is 1. The number of aryl methyl sites for hydroxylation is 1. The van der Waals surface area contributed by atoms with Crippen LogP contribution in [0, 0.1) is 6.92 Å². The molecule has 5 aromatic rings. The summed E-state index contributed by atoms with van der Waals surface area (Å²) in [6.45, 7) is 2.60. The monoisotopic (exact) mass is 457 g/mol. The first-order chi connectivity index (χ1) is 15.7. The number of benzene rings is 3. The van der Waals surface area contributed by atoms with Gasteiger partial charge >= 0.3 is 0 Å². The van der Waals surface area contributed by atoms with Crippen LogP contribution in [0.1, 0.15) is 11.3 Å². The first-order valence-electron chi connectivity index (χ1n) is 10.2. The average Bonchev–Trinajstić information content (AvgIpc) is 3.47. The lowest BCUT2D eigenvalue weighted by atomic mass is 10.1. The maximum Gasteiger partial charge on any atom is 0.184 e. The summed E-state index contributed by atoms with van der Waals surface area (Å²) in [4.78, 5) is 6.00. The number of hydrogen-bond donors (Lipinski definition) is 1. The molecular formula is C25H20ClN5S. The van der Waals surface area contributed by atoms with Gasteiger partial charge < -0.3 is 5.32 Å². The van der Waals surface area contributed by atoms with Crippen LogP contribution in [0.3, 0.4) is 0 Å². The van der Waals surface area contributed by atoms with Crippen LogP contribution in [0.5, 0.6) is 0 Å². The SMILES string of the molecule is Cc1ccc(-n2cc(CNc3nc(-c4ccc(Cl)cc4)c(-c4ccccc4)s3)nn2)cc1. The van der Waals surface area contributed by atoms with Crippen LogP contribution in [0.2, 0.25) is 5.02 Å². The molecule has 3 aromatic carbocycles. The number of nitrogens with zero attached hydrogens (tertiary/aromatic N) is 4. The molecule has 0 unspecified atom stereocenters. The molecule has 0 saturated carbocycles. The van der Waals surface area contributed by atoms with Crippen LogP contribution < -0.4 is 5.32 Å². The van der Waals surface area contributed by atoms with Crippen molar-refractivity contribution < 1.29 is 0 Å². The van der Waals surface area contributed by atoms with Crippen molar-refractivity contribution in [2.75, 3.05) is 5.32 Å². The van der Waals surface area contributed by atoms with E-state index in [1.54, 1.807) is 16.0 Å². The summed E-state index contributed by atoms with van der Waals surface area (Å²) in [7, 11) is 0. The molecule has 0 aliphatic heterocycles. The van der Waals surface area contributed by atoms with Crippen LogP contribution in [0.25, 0.3) is 27.4 Å². The van der Waals surface area contributed by atoms with Gasteiger partial charge in [0.25, 0.3) is 0 Å². The topological polar surface area (TPSA) is 55.6 Å². The fourth-order valence-electron chi connectivity index (χ4n) is 3.35. The van der Waals surface area contributed by atoms with E-state index in [9.17, 15) is 0 Å². The highest BCUT2D eigenvalue weighted by molar-refractivity contribution is 7.19. The predicted molar refractivity (Wildman–Crippen MR) is 131 cm³/mol. The molecule has 2 heterocycles. The van der Waals surface area contributed by atoms with Gasteiger partial charge in [-0.3, -0.25) is 0 Å². The number of rotatable bonds is 6. The van der Waals surface area contributed by atoms with Crippen LogP contribution in [0.15, 0.2) is 85.1 Å². The van der Waals surface area contributed by atoms with Gasteiger partial charge in [-0.25, -0.2) is 9.67 Å². The van der Waals surface area contributed by atoms with Crippen LogP contribution in [-0.4, -0.2) is 20.0 Å². The maximum absolute atomic E-state index is 6.09. The van der Waals surface area contributed by atoms with Crippen LogP contribution >= 0.6 is 22.9 Å². The Labute approximate surface area is 195 Å². The molecule has 0 bridgehead atoms. The Kier molecular flexibility index (Phi) is 5.71. The number of anilines is 1. The fourth-order valence-corrected chi connectivity index (χ4v) is 4.47. The molecule has 0 saturated heterocycles.